The summed E-state index contributed by atoms with van der Waals surface area (Å²) < 4.78 is 33.5. The van der Waals surface area contributed by atoms with Crippen LogP contribution in [-0.4, -0.2) is 26.4 Å². The highest BCUT2D eigenvalue weighted by atomic mass is 32.2. The van der Waals surface area contributed by atoms with E-state index in [0.717, 1.165) is 23.9 Å². The summed E-state index contributed by atoms with van der Waals surface area (Å²) in [4.78, 5) is 10.8. The van der Waals surface area contributed by atoms with Crippen LogP contribution in [0.5, 0.6) is 5.75 Å². The minimum absolute atomic E-state index is 0.0772. The van der Waals surface area contributed by atoms with Gasteiger partial charge in [0.15, 0.2) is 28.7 Å². The molecule has 0 spiro atoms. The number of primary amides is 1. The van der Waals surface area contributed by atoms with Gasteiger partial charge in [-0.25, -0.2) is 8.78 Å². The van der Waals surface area contributed by atoms with Crippen molar-refractivity contribution in [1.82, 2.24) is 14.8 Å². The van der Waals surface area contributed by atoms with Gasteiger partial charge in [-0.15, -0.1) is 10.2 Å². The molecule has 0 saturated heterocycles. The maximum atomic E-state index is 13.6. The number of nitrogens with zero attached hydrogens (tertiary/aromatic N) is 3. The average Bonchev–Trinajstić information content (AvgIpc) is 2.81. The summed E-state index contributed by atoms with van der Waals surface area (Å²) in [6.07, 6.45) is -0.611. The van der Waals surface area contributed by atoms with Crippen molar-refractivity contribution in [2.75, 3.05) is 5.75 Å². The number of rotatable bonds is 6. The van der Waals surface area contributed by atoms with Gasteiger partial charge in [-0.2, -0.15) is 0 Å². The van der Waals surface area contributed by atoms with Gasteiger partial charge in [0.25, 0.3) is 0 Å². The number of halogens is 2. The molecule has 0 saturated carbocycles. The van der Waals surface area contributed by atoms with Crippen LogP contribution in [0.2, 0.25) is 0 Å². The van der Waals surface area contributed by atoms with Gasteiger partial charge < -0.3 is 15.0 Å². The van der Waals surface area contributed by atoms with E-state index in [9.17, 15) is 13.6 Å². The summed E-state index contributed by atoms with van der Waals surface area (Å²) in [5.74, 6) is -1.50. The minimum Gasteiger partial charge on any atom is -0.480 e. The number of carbonyl (C=O) groups is 1. The number of nitrogens with two attached hydrogens (primary N) is 1. The molecule has 1 unspecified atom stereocenters. The predicted octanol–water partition coefficient (Wildman–Crippen LogP) is 1.81. The van der Waals surface area contributed by atoms with E-state index in [1.165, 1.54) is 6.07 Å². The second-order valence-electron chi connectivity index (χ2n) is 4.49. The first-order chi connectivity index (χ1) is 10.4. The molecule has 1 atom stereocenters. The Balaban J connectivity index is 2.12. The lowest BCUT2D eigenvalue weighted by Crippen LogP contribution is -2.14. The van der Waals surface area contributed by atoms with Gasteiger partial charge in [0.2, 0.25) is 5.91 Å². The third-order valence-electron chi connectivity index (χ3n) is 2.77. The highest BCUT2D eigenvalue weighted by Crippen LogP contribution is 2.25. The molecule has 0 aliphatic heterocycles. The predicted molar refractivity (Wildman–Crippen MR) is 76.3 cm³/mol. The van der Waals surface area contributed by atoms with Crippen molar-refractivity contribution < 1.29 is 18.3 Å². The smallest absolute Gasteiger partial charge is 0.227 e. The first-order valence-corrected chi connectivity index (χ1v) is 7.29. The fourth-order valence-electron chi connectivity index (χ4n) is 1.76. The highest BCUT2D eigenvalue weighted by Gasteiger charge is 2.19. The Morgan fingerprint density at radius 1 is 1.45 bits per heavy atom. The van der Waals surface area contributed by atoms with Crippen molar-refractivity contribution in [3.8, 4) is 5.75 Å². The topological polar surface area (TPSA) is 83.0 Å². The SMILES string of the molecule is CC(Oc1ccc(F)cc1F)c1nnc(SCC(N)=O)n1C. The molecule has 22 heavy (non-hydrogen) atoms. The van der Waals surface area contributed by atoms with E-state index in [4.69, 9.17) is 10.5 Å². The number of ether oxygens (including phenoxy) is 1. The van der Waals surface area contributed by atoms with Gasteiger partial charge in [0, 0.05) is 13.1 Å². The molecule has 2 rings (SSSR count). The fourth-order valence-corrected chi connectivity index (χ4v) is 2.41. The van der Waals surface area contributed by atoms with Gasteiger partial charge in [-0.1, -0.05) is 11.8 Å². The largest absolute Gasteiger partial charge is 0.480 e. The molecule has 6 nitrogen and oxygen atoms in total. The van der Waals surface area contributed by atoms with Crippen LogP contribution < -0.4 is 10.5 Å². The molecule has 9 heteroatoms. The summed E-state index contributed by atoms with van der Waals surface area (Å²) in [7, 11) is 1.69. The molecule has 1 aromatic heterocycles. The molecule has 0 aliphatic rings. The molecular weight excluding hydrogens is 314 g/mol. The van der Waals surface area contributed by atoms with Crippen molar-refractivity contribution in [3.63, 3.8) is 0 Å². The fraction of sp³-hybridized carbons (Fsp3) is 0.308. The Bertz CT molecular complexity index is 693. The van der Waals surface area contributed by atoms with Crippen LogP contribution >= 0.6 is 11.8 Å². The third-order valence-corrected chi connectivity index (χ3v) is 3.82. The zero-order chi connectivity index (χ0) is 16.3. The Kier molecular flexibility index (Phi) is 4.96. The second kappa shape index (κ2) is 6.73. The standard InChI is InChI=1S/C13H14F2N4O2S/c1-7(21-10-4-3-8(14)5-9(10)15)12-17-18-13(19(12)2)22-6-11(16)20/h3-5,7H,6H2,1-2H3,(H2,16,20). The lowest BCUT2D eigenvalue weighted by atomic mass is 10.3. The molecule has 2 aromatic rings. The highest BCUT2D eigenvalue weighted by molar-refractivity contribution is 7.99. The van der Waals surface area contributed by atoms with E-state index in [0.29, 0.717) is 11.0 Å². The van der Waals surface area contributed by atoms with Crippen molar-refractivity contribution in [2.45, 2.75) is 18.2 Å². The minimum atomic E-state index is -0.794. The Hall–Kier alpha value is -2.16. The molecule has 0 radical (unpaired) electrons. The molecule has 0 aliphatic carbocycles. The third kappa shape index (κ3) is 3.73. The number of carbonyl (C=O) groups excluding carboxylic acids is 1. The van der Waals surface area contributed by atoms with Crippen LogP contribution in [0.1, 0.15) is 18.9 Å². The van der Waals surface area contributed by atoms with Crippen LogP contribution in [0.25, 0.3) is 0 Å². The van der Waals surface area contributed by atoms with E-state index in [1.807, 2.05) is 0 Å². The van der Waals surface area contributed by atoms with Crippen LogP contribution in [0, 0.1) is 11.6 Å². The van der Waals surface area contributed by atoms with E-state index in [1.54, 1.807) is 18.5 Å². The molecule has 0 fully saturated rings. The van der Waals surface area contributed by atoms with Crippen molar-refractivity contribution in [2.24, 2.45) is 12.8 Å². The number of benzene rings is 1. The van der Waals surface area contributed by atoms with Gasteiger partial charge >= 0.3 is 0 Å². The normalized spacial score (nSPS) is 12.2. The molecule has 1 amide bonds. The zero-order valence-electron chi connectivity index (χ0n) is 11.9. The molecule has 2 N–H and O–H groups in total. The lowest BCUT2D eigenvalue weighted by Gasteiger charge is -2.14. The molecule has 118 valence electrons. The average molecular weight is 328 g/mol. The van der Waals surface area contributed by atoms with E-state index >= 15 is 0 Å². The summed E-state index contributed by atoms with van der Waals surface area (Å²) in [6.45, 7) is 1.66. The molecule has 1 aromatic carbocycles. The molecular formula is C13H14F2N4O2S. The van der Waals surface area contributed by atoms with Crippen LogP contribution in [0.15, 0.2) is 23.4 Å². The Morgan fingerprint density at radius 3 is 2.82 bits per heavy atom. The summed E-state index contributed by atoms with van der Waals surface area (Å²) in [5.41, 5.74) is 5.07. The first kappa shape index (κ1) is 16.2. The lowest BCUT2D eigenvalue weighted by molar-refractivity contribution is -0.115. The number of hydrogen-bond donors (Lipinski definition) is 1. The summed E-state index contributed by atoms with van der Waals surface area (Å²) in [6, 6.07) is 3.06. The van der Waals surface area contributed by atoms with Crippen LogP contribution in [0.3, 0.4) is 0 Å². The van der Waals surface area contributed by atoms with E-state index < -0.39 is 23.6 Å². The first-order valence-electron chi connectivity index (χ1n) is 6.30. The second-order valence-corrected chi connectivity index (χ2v) is 5.43. The van der Waals surface area contributed by atoms with E-state index in [-0.39, 0.29) is 11.5 Å². The van der Waals surface area contributed by atoms with E-state index in [2.05, 4.69) is 10.2 Å². The van der Waals surface area contributed by atoms with Crippen molar-refractivity contribution in [3.05, 3.63) is 35.7 Å². The van der Waals surface area contributed by atoms with Crippen molar-refractivity contribution in [1.29, 1.82) is 0 Å². The molecule has 0 bridgehead atoms. The Labute approximate surface area is 129 Å². The van der Waals surface area contributed by atoms with Crippen LogP contribution in [-0.2, 0) is 11.8 Å². The van der Waals surface area contributed by atoms with Gasteiger partial charge in [-0.05, 0) is 19.1 Å². The van der Waals surface area contributed by atoms with Gasteiger partial charge in [-0.3, -0.25) is 4.79 Å². The van der Waals surface area contributed by atoms with Crippen LogP contribution in [0.4, 0.5) is 8.78 Å². The van der Waals surface area contributed by atoms with Gasteiger partial charge in [0.05, 0.1) is 5.75 Å². The summed E-state index contributed by atoms with van der Waals surface area (Å²) >= 11 is 1.14. The van der Waals surface area contributed by atoms with Gasteiger partial charge in [0.1, 0.15) is 5.82 Å². The number of aromatic nitrogens is 3. The number of amides is 1. The summed E-state index contributed by atoms with van der Waals surface area (Å²) in [5, 5.41) is 8.37. The number of hydrogen-bond acceptors (Lipinski definition) is 5. The zero-order valence-corrected chi connectivity index (χ0v) is 12.7. The monoisotopic (exact) mass is 328 g/mol. The molecule has 1 heterocycles. The van der Waals surface area contributed by atoms with Crippen molar-refractivity contribution >= 4 is 17.7 Å². The maximum Gasteiger partial charge on any atom is 0.227 e. The quantitative estimate of drug-likeness (QED) is 0.818. The Morgan fingerprint density at radius 2 is 2.18 bits per heavy atom. The maximum absolute atomic E-state index is 13.6. The number of thioether (sulfide) groups is 1.